The highest BCUT2D eigenvalue weighted by molar-refractivity contribution is 5.90. The predicted octanol–water partition coefficient (Wildman–Crippen LogP) is 1.14. The van der Waals surface area contributed by atoms with E-state index < -0.39 is 5.97 Å². The van der Waals surface area contributed by atoms with E-state index in [2.05, 4.69) is 4.98 Å². The van der Waals surface area contributed by atoms with Crippen molar-refractivity contribution < 1.29 is 14.3 Å². The number of aromatic nitrogens is 1. The van der Waals surface area contributed by atoms with Crippen LogP contribution >= 0.6 is 0 Å². The summed E-state index contributed by atoms with van der Waals surface area (Å²) >= 11 is 0. The summed E-state index contributed by atoms with van der Waals surface area (Å²) in [6, 6.07) is 3.38. The topological polar surface area (TPSA) is 72.2 Å². The molecule has 0 aliphatic rings. The maximum absolute atomic E-state index is 11.4. The van der Waals surface area contributed by atoms with Gasteiger partial charge < -0.3 is 9.47 Å². The molecule has 1 rings (SSSR count). The zero-order valence-electron chi connectivity index (χ0n) is 8.48. The summed E-state index contributed by atoms with van der Waals surface area (Å²) in [5, 5.41) is 8.87. The van der Waals surface area contributed by atoms with Crippen molar-refractivity contribution >= 4 is 5.97 Å². The quantitative estimate of drug-likeness (QED) is 0.693. The van der Waals surface area contributed by atoms with E-state index in [1.165, 1.54) is 19.4 Å². The Balaban J connectivity index is 3.18. The number of nitriles is 1. The lowest BCUT2D eigenvalue weighted by Crippen LogP contribution is -2.10. The van der Waals surface area contributed by atoms with Gasteiger partial charge in [0.25, 0.3) is 0 Å². The molecule has 0 saturated heterocycles. The van der Waals surface area contributed by atoms with E-state index in [9.17, 15) is 4.79 Å². The summed E-state index contributed by atoms with van der Waals surface area (Å²) < 4.78 is 9.70. The fourth-order valence-corrected chi connectivity index (χ4v) is 1.08. The van der Waals surface area contributed by atoms with Crippen molar-refractivity contribution in [3.8, 4) is 11.8 Å². The van der Waals surface area contributed by atoms with Gasteiger partial charge in [0.1, 0.15) is 17.4 Å². The van der Waals surface area contributed by atoms with Crippen LogP contribution in [-0.2, 0) is 4.74 Å². The average Bonchev–Trinajstić information content (AvgIpc) is 2.28. The summed E-state index contributed by atoms with van der Waals surface area (Å²) in [4.78, 5) is 15.2. The van der Waals surface area contributed by atoms with Crippen molar-refractivity contribution in [2.45, 2.75) is 6.92 Å². The van der Waals surface area contributed by atoms with Gasteiger partial charge in [0.05, 0.1) is 13.7 Å². The van der Waals surface area contributed by atoms with E-state index in [-0.39, 0.29) is 17.9 Å². The third kappa shape index (κ3) is 2.23. The molecule has 5 heteroatoms. The summed E-state index contributed by atoms with van der Waals surface area (Å²) in [6.45, 7) is 1.92. The van der Waals surface area contributed by atoms with E-state index in [0.29, 0.717) is 5.75 Å². The predicted molar refractivity (Wildman–Crippen MR) is 51.5 cm³/mol. The highest BCUT2D eigenvalue weighted by atomic mass is 16.5. The lowest BCUT2D eigenvalue weighted by atomic mass is 10.2. The van der Waals surface area contributed by atoms with Crippen LogP contribution < -0.4 is 4.74 Å². The molecule has 1 heterocycles. The van der Waals surface area contributed by atoms with Crippen molar-refractivity contribution in [1.82, 2.24) is 4.98 Å². The van der Waals surface area contributed by atoms with Gasteiger partial charge in [0.15, 0.2) is 5.69 Å². The largest absolute Gasteiger partial charge is 0.495 e. The van der Waals surface area contributed by atoms with Crippen molar-refractivity contribution in [2.24, 2.45) is 0 Å². The molecule has 0 aliphatic carbocycles. The molecule has 0 unspecified atom stereocenters. The summed E-state index contributed by atoms with van der Waals surface area (Å²) in [5.41, 5.74) is 0.0807. The molecule has 0 radical (unpaired) electrons. The first-order valence-corrected chi connectivity index (χ1v) is 4.34. The maximum atomic E-state index is 11.4. The normalized spacial score (nSPS) is 9.13. The molecule has 0 spiro atoms. The zero-order chi connectivity index (χ0) is 11.3. The number of ether oxygens (including phenoxy) is 2. The Morgan fingerprint density at radius 1 is 1.67 bits per heavy atom. The smallest absolute Gasteiger partial charge is 0.358 e. The third-order valence-corrected chi connectivity index (χ3v) is 1.71. The number of rotatable bonds is 3. The molecular formula is C10H10N2O3. The molecule has 0 aliphatic heterocycles. The van der Waals surface area contributed by atoms with Gasteiger partial charge in [-0.15, -0.1) is 0 Å². The van der Waals surface area contributed by atoms with Gasteiger partial charge in [0, 0.05) is 6.20 Å². The van der Waals surface area contributed by atoms with Crippen molar-refractivity contribution in [1.29, 1.82) is 5.26 Å². The van der Waals surface area contributed by atoms with Crippen LogP contribution in [-0.4, -0.2) is 24.7 Å². The monoisotopic (exact) mass is 206 g/mol. The Hall–Kier alpha value is -2.09. The first kappa shape index (κ1) is 11.0. The molecule has 1 aromatic heterocycles. The lowest BCUT2D eigenvalue weighted by molar-refractivity contribution is 0.0518. The summed E-state index contributed by atoms with van der Waals surface area (Å²) in [7, 11) is 1.42. The van der Waals surface area contributed by atoms with Gasteiger partial charge in [-0.2, -0.15) is 5.26 Å². The van der Waals surface area contributed by atoms with Crippen LogP contribution in [0.25, 0.3) is 0 Å². The number of pyridine rings is 1. The summed E-state index contributed by atoms with van der Waals surface area (Å²) in [6.07, 6.45) is 1.39. The fraction of sp³-hybridized carbons (Fsp3) is 0.300. The number of hydrogen-bond donors (Lipinski definition) is 0. The SMILES string of the molecule is CCOC(=O)c1nccc(OC)c1C#N. The van der Waals surface area contributed by atoms with E-state index in [4.69, 9.17) is 14.7 Å². The van der Waals surface area contributed by atoms with Crippen LogP contribution in [0.15, 0.2) is 12.3 Å². The molecular weight excluding hydrogens is 196 g/mol. The molecule has 0 atom stereocenters. The Kier molecular flexibility index (Phi) is 3.63. The molecule has 15 heavy (non-hydrogen) atoms. The number of esters is 1. The summed E-state index contributed by atoms with van der Waals surface area (Å²) in [5.74, 6) is -0.302. The van der Waals surface area contributed by atoms with Crippen molar-refractivity contribution in [3.05, 3.63) is 23.5 Å². The molecule has 0 aromatic carbocycles. The lowest BCUT2D eigenvalue weighted by Gasteiger charge is -2.06. The first-order chi connectivity index (χ1) is 7.24. The molecule has 1 aromatic rings. The van der Waals surface area contributed by atoms with Gasteiger partial charge >= 0.3 is 5.97 Å². The minimum atomic E-state index is -0.618. The van der Waals surface area contributed by atoms with Gasteiger partial charge in [0.2, 0.25) is 0 Å². The van der Waals surface area contributed by atoms with Gasteiger partial charge in [-0.3, -0.25) is 0 Å². The Morgan fingerprint density at radius 2 is 2.40 bits per heavy atom. The molecule has 0 saturated carbocycles. The average molecular weight is 206 g/mol. The molecule has 0 fully saturated rings. The van der Waals surface area contributed by atoms with Crippen molar-refractivity contribution in [3.63, 3.8) is 0 Å². The molecule has 0 N–H and O–H groups in total. The van der Waals surface area contributed by atoms with Gasteiger partial charge in [-0.25, -0.2) is 9.78 Å². The van der Waals surface area contributed by atoms with Crippen LogP contribution in [0.4, 0.5) is 0 Å². The van der Waals surface area contributed by atoms with E-state index in [1.807, 2.05) is 6.07 Å². The molecule has 0 amide bonds. The second-order valence-corrected chi connectivity index (χ2v) is 2.57. The van der Waals surface area contributed by atoms with Crippen LogP contribution in [0.1, 0.15) is 23.0 Å². The zero-order valence-corrected chi connectivity index (χ0v) is 8.48. The van der Waals surface area contributed by atoms with E-state index >= 15 is 0 Å². The van der Waals surface area contributed by atoms with Crippen molar-refractivity contribution in [2.75, 3.05) is 13.7 Å². The minimum Gasteiger partial charge on any atom is -0.495 e. The van der Waals surface area contributed by atoms with E-state index in [1.54, 1.807) is 6.92 Å². The second kappa shape index (κ2) is 4.96. The molecule has 78 valence electrons. The van der Waals surface area contributed by atoms with Gasteiger partial charge in [-0.1, -0.05) is 0 Å². The minimum absolute atomic E-state index is 0.0151. The van der Waals surface area contributed by atoms with Crippen LogP contribution in [0.2, 0.25) is 0 Å². The highest BCUT2D eigenvalue weighted by Crippen LogP contribution is 2.19. The maximum Gasteiger partial charge on any atom is 0.358 e. The Morgan fingerprint density at radius 3 is 2.93 bits per heavy atom. The third-order valence-electron chi connectivity index (χ3n) is 1.71. The highest BCUT2D eigenvalue weighted by Gasteiger charge is 2.17. The van der Waals surface area contributed by atoms with Crippen LogP contribution in [0.3, 0.4) is 0 Å². The first-order valence-electron chi connectivity index (χ1n) is 4.34. The fourth-order valence-electron chi connectivity index (χ4n) is 1.08. The van der Waals surface area contributed by atoms with Crippen LogP contribution in [0.5, 0.6) is 5.75 Å². The Labute approximate surface area is 87.3 Å². The Bertz CT molecular complexity index is 410. The standard InChI is InChI=1S/C10H10N2O3/c1-3-15-10(13)9-7(6-11)8(14-2)4-5-12-9/h4-5H,3H2,1-2H3. The second-order valence-electron chi connectivity index (χ2n) is 2.57. The number of hydrogen-bond acceptors (Lipinski definition) is 5. The van der Waals surface area contributed by atoms with Gasteiger partial charge in [-0.05, 0) is 13.0 Å². The molecule has 0 bridgehead atoms. The number of carbonyl (C=O) groups excluding carboxylic acids is 1. The number of carbonyl (C=O) groups is 1. The van der Waals surface area contributed by atoms with Crippen LogP contribution in [0, 0.1) is 11.3 Å². The molecule has 5 nitrogen and oxygen atoms in total. The number of nitrogens with zero attached hydrogens (tertiary/aromatic N) is 2. The number of methoxy groups -OCH3 is 1. The van der Waals surface area contributed by atoms with E-state index in [0.717, 1.165) is 0 Å².